The van der Waals surface area contributed by atoms with Crippen LogP contribution in [0.4, 0.5) is 0 Å². The largest absolute Gasteiger partial charge is 1.00 e. The third kappa shape index (κ3) is 7.87. The van der Waals surface area contributed by atoms with Crippen LogP contribution < -0.4 is 24.8 Å². The van der Waals surface area contributed by atoms with Gasteiger partial charge in [-0.3, -0.25) is 0 Å². The van der Waals surface area contributed by atoms with Gasteiger partial charge in [-0.05, 0) is 45.1 Å². The molecule has 0 fully saturated rings. The quantitative estimate of drug-likeness (QED) is 0.137. The molecular weight excluding hydrogens is 735 g/mol. The van der Waals surface area contributed by atoms with Crippen molar-refractivity contribution in [2.75, 3.05) is 0 Å². The Balaban J connectivity index is 0.000000180. The third-order valence-electron chi connectivity index (χ3n) is 7.95. The number of aryl methyl sites for hydroxylation is 2. The van der Waals surface area contributed by atoms with Crippen molar-refractivity contribution >= 4 is 71.2 Å². The molecule has 0 saturated heterocycles. The molecule has 0 atom stereocenters. The molecular formula is C40H36Cl2S2SiZr-2. The van der Waals surface area contributed by atoms with E-state index >= 15 is 0 Å². The first kappa shape index (κ1) is 36.5. The van der Waals surface area contributed by atoms with Crippen LogP contribution in [-0.4, -0.2) is 5.43 Å². The van der Waals surface area contributed by atoms with Crippen LogP contribution in [0.25, 0.3) is 64.0 Å². The van der Waals surface area contributed by atoms with E-state index in [-0.39, 0.29) is 30.2 Å². The first-order chi connectivity index (χ1) is 21.5. The number of halogens is 2. The van der Waals surface area contributed by atoms with E-state index in [0.29, 0.717) is 0 Å². The summed E-state index contributed by atoms with van der Waals surface area (Å²) in [5.74, 6) is 0. The minimum atomic E-state index is 0. The Bertz CT molecular complexity index is 2060. The third-order valence-corrected chi connectivity index (χ3v) is 10.0. The molecule has 0 nitrogen and oxygen atoms in total. The van der Waals surface area contributed by atoms with E-state index in [4.69, 9.17) is 0 Å². The molecule has 0 N–H and O–H groups in total. The van der Waals surface area contributed by atoms with Crippen molar-refractivity contribution in [1.82, 2.24) is 0 Å². The van der Waals surface area contributed by atoms with Gasteiger partial charge in [0.1, 0.15) is 0 Å². The van der Waals surface area contributed by atoms with Crippen LogP contribution in [0.3, 0.4) is 0 Å². The van der Waals surface area contributed by atoms with E-state index < -0.39 is 0 Å². The summed E-state index contributed by atoms with van der Waals surface area (Å²) < 4.78 is 0. The fourth-order valence-corrected chi connectivity index (χ4v) is 7.94. The van der Waals surface area contributed by atoms with Crippen LogP contribution >= 0.6 is 22.7 Å². The summed E-state index contributed by atoms with van der Waals surface area (Å²) in [7, 11) is 0. The van der Waals surface area contributed by atoms with Crippen LogP contribution in [0.2, 0.25) is 13.1 Å². The summed E-state index contributed by atoms with van der Waals surface area (Å²) in [6, 6.07) is 39.9. The molecule has 46 heavy (non-hydrogen) atoms. The monoisotopic (exact) mass is 768 g/mol. The number of rotatable bonds is 4. The Morgan fingerprint density at radius 3 is 1.35 bits per heavy atom. The molecule has 0 amide bonds. The second kappa shape index (κ2) is 16.7. The van der Waals surface area contributed by atoms with Crippen molar-refractivity contribution in [2.24, 2.45) is 0 Å². The normalized spacial score (nSPS) is 10.6. The zero-order chi connectivity index (χ0) is 30.6. The number of hydrogen-bond donors (Lipinski definition) is 0. The summed E-state index contributed by atoms with van der Waals surface area (Å²) in [6.45, 7) is 9.05. The molecule has 2 aromatic heterocycles. The van der Waals surface area contributed by atoms with E-state index in [9.17, 15) is 0 Å². The minimum absolute atomic E-state index is 0. The van der Waals surface area contributed by atoms with Crippen molar-refractivity contribution in [2.45, 2.75) is 39.8 Å². The maximum Gasteiger partial charge on any atom is -1.00 e. The number of fused-ring (bicyclic) bond motifs is 4. The molecule has 0 saturated carbocycles. The first-order valence-electron chi connectivity index (χ1n) is 15.3. The van der Waals surface area contributed by atoms with E-state index in [2.05, 4.69) is 147 Å². The summed E-state index contributed by atoms with van der Waals surface area (Å²) in [6.07, 6.45) is 2.19. The van der Waals surface area contributed by atoms with Gasteiger partial charge in [0, 0.05) is 9.75 Å². The van der Waals surface area contributed by atoms with E-state index in [1.165, 1.54) is 75.1 Å². The maximum atomic E-state index is 2.35. The second-order valence-electron chi connectivity index (χ2n) is 11.4. The van der Waals surface area contributed by atoms with Crippen molar-refractivity contribution < 1.29 is 48.1 Å². The molecule has 0 aliphatic carbocycles. The molecule has 0 spiro atoms. The van der Waals surface area contributed by atoms with Gasteiger partial charge in [-0.25, -0.2) is 0 Å². The zero-order valence-electron chi connectivity index (χ0n) is 26.5. The minimum Gasteiger partial charge on any atom is -1.00 e. The fourth-order valence-electron chi connectivity index (χ4n) is 5.80. The van der Waals surface area contributed by atoms with Gasteiger partial charge in [0.05, 0.1) is 0 Å². The molecule has 0 aliphatic heterocycles. The Kier molecular flexibility index (Phi) is 13.3. The Hall–Kier alpha value is -2.30. The van der Waals surface area contributed by atoms with Gasteiger partial charge in [-0.15, -0.1) is 91.7 Å². The van der Waals surface area contributed by atoms with Gasteiger partial charge in [0.2, 0.25) is 0 Å². The maximum absolute atomic E-state index is 2.35. The molecule has 2 heterocycles. The molecule has 6 aromatic carbocycles. The summed E-state index contributed by atoms with van der Waals surface area (Å²) in [4.78, 5) is 2.78. The molecule has 232 valence electrons. The molecule has 8 rings (SSSR count). The van der Waals surface area contributed by atoms with Crippen LogP contribution in [0.1, 0.15) is 25.0 Å². The molecule has 8 aromatic rings. The summed E-state index contributed by atoms with van der Waals surface area (Å²) in [5, 5.41) is 15.4. The molecule has 0 aliphatic rings. The standard InChI is InChI=1S/2C19H15S.C2H6Si.2ClH.Zr/c2*1-2-13-10-14-7-5-9-17(18(14)11-13)19-16-8-4-3-6-15(16)12-20-19;1-3-2;;;/h2*3-12H,2H2,1H3;1-2H3;2*1H;/q2*-1;;;;+2/p-2. The SMILES string of the molecule is CCc1cc2c(-c3scc4ccccc34)cccc2[cH-]1.CCc1cc2c(-c3scc4ccccc34)cccc2[cH-]1.C[Si](C)=[Zr+2].[Cl-].[Cl-]. The van der Waals surface area contributed by atoms with Gasteiger partial charge in [-0.1, -0.05) is 85.6 Å². The van der Waals surface area contributed by atoms with Crippen molar-refractivity contribution in [1.29, 1.82) is 0 Å². The van der Waals surface area contributed by atoms with Gasteiger partial charge >= 0.3 is 41.9 Å². The zero-order valence-corrected chi connectivity index (χ0v) is 33.1. The van der Waals surface area contributed by atoms with Gasteiger partial charge in [0.15, 0.2) is 0 Å². The van der Waals surface area contributed by atoms with E-state index in [0.717, 1.165) is 12.8 Å². The van der Waals surface area contributed by atoms with Crippen LogP contribution in [0.5, 0.6) is 0 Å². The van der Waals surface area contributed by atoms with Gasteiger partial charge in [0.25, 0.3) is 0 Å². The molecule has 6 heteroatoms. The van der Waals surface area contributed by atoms with Crippen LogP contribution in [-0.2, 0) is 36.2 Å². The fraction of sp³-hybridized carbons (Fsp3) is 0.150. The predicted octanol–water partition coefficient (Wildman–Crippen LogP) is 6.80. The van der Waals surface area contributed by atoms with E-state index in [1.807, 2.05) is 22.7 Å². The van der Waals surface area contributed by atoms with Crippen molar-refractivity contribution in [3.63, 3.8) is 0 Å². The Labute approximate surface area is 308 Å². The average molecular weight is 771 g/mol. The van der Waals surface area contributed by atoms with Crippen molar-refractivity contribution in [3.8, 4) is 20.9 Å². The number of benzene rings is 4. The van der Waals surface area contributed by atoms with Gasteiger partial charge in [-0.2, -0.15) is 12.1 Å². The average Bonchev–Trinajstić information content (AvgIpc) is 3.84. The number of hydrogen-bond acceptors (Lipinski definition) is 2. The molecule has 0 unspecified atom stereocenters. The van der Waals surface area contributed by atoms with Crippen molar-refractivity contribution in [3.05, 3.63) is 131 Å². The van der Waals surface area contributed by atoms with Crippen LogP contribution in [0, 0.1) is 0 Å². The Morgan fingerprint density at radius 2 is 0.957 bits per heavy atom. The molecule has 0 radical (unpaired) electrons. The smallest absolute Gasteiger partial charge is 1.00 e. The summed E-state index contributed by atoms with van der Waals surface area (Å²) >= 11 is 5.43. The topological polar surface area (TPSA) is 0 Å². The first-order valence-corrected chi connectivity index (χ1v) is 23.2. The van der Waals surface area contributed by atoms with E-state index in [1.54, 1.807) is 23.3 Å². The number of thiophene rings is 2. The Morgan fingerprint density at radius 1 is 0.565 bits per heavy atom. The predicted molar refractivity (Wildman–Crippen MR) is 197 cm³/mol. The van der Waals surface area contributed by atoms with Gasteiger partial charge < -0.3 is 24.8 Å². The second-order valence-corrected chi connectivity index (χ2v) is 22.5. The summed E-state index contributed by atoms with van der Waals surface area (Å²) in [5.41, 5.74) is 5.80. The van der Waals surface area contributed by atoms with Crippen LogP contribution in [0.15, 0.2) is 120 Å². The molecule has 0 bridgehead atoms.